The molecule has 1 saturated heterocycles. The molecule has 3 rings (SSSR count). The Hall–Kier alpha value is -2.19. The summed E-state index contributed by atoms with van der Waals surface area (Å²) in [6.07, 6.45) is 1.84. The lowest BCUT2D eigenvalue weighted by molar-refractivity contribution is -0.150. The van der Waals surface area contributed by atoms with E-state index in [-0.39, 0.29) is 11.9 Å². The van der Waals surface area contributed by atoms with Crippen LogP contribution in [0.5, 0.6) is 5.75 Å². The van der Waals surface area contributed by atoms with Gasteiger partial charge in [0.1, 0.15) is 5.75 Å². The Labute approximate surface area is 164 Å². The van der Waals surface area contributed by atoms with Crippen LogP contribution >= 0.6 is 12.2 Å². The topological polar surface area (TPSA) is 61.5 Å². The van der Waals surface area contributed by atoms with Gasteiger partial charge in [-0.25, -0.2) is 4.68 Å². The molecular formula is C19H26N4O3S. The average molecular weight is 391 g/mol. The van der Waals surface area contributed by atoms with Gasteiger partial charge in [0.25, 0.3) is 0 Å². The third-order valence-electron chi connectivity index (χ3n) is 4.85. The van der Waals surface area contributed by atoms with Crippen molar-refractivity contribution in [3.05, 3.63) is 29.0 Å². The van der Waals surface area contributed by atoms with Gasteiger partial charge in [-0.1, -0.05) is 0 Å². The van der Waals surface area contributed by atoms with Crippen molar-refractivity contribution in [2.75, 3.05) is 26.8 Å². The third kappa shape index (κ3) is 4.39. The number of nitrogens with zero attached hydrogens (tertiary/aromatic N) is 4. The lowest BCUT2D eigenvalue weighted by Gasteiger charge is -2.31. The SMILES string of the molecule is CCOC(=O)[C@@H]1CCCN(Cn2nc(-c3ccc(OC)cc3)n(C)c2=S)C1. The van der Waals surface area contributed by atoms with E-state index in [1.165, 1.54) is 0 Å². The zero-order valence-electron chi connectivity index (χ0n) is 16.1. The number of ether oxygens (including phenoxy) is 2. The van der Waals surface area contributed by atoms with Gasteiger partial charge < -0.3 is 14.0 Å². The molecule has 1 atom stereocenters. The zero-order valence-corrected chi connectivity index (χ0v) is 16.9. The van der Waals surface area contributed by atoms with Crippen LogP contribution in [0.3, 0.4) is 0 Å². The number of hydrogen-bond acceptors (Lipinski definition) is 6. The molecule has 2 heterocycles. The van der Waals surface area contributed by atoms with Gasteiger partial charge in [-0.05, 0) is 62.8 Å². The minimum absolute atomic E-state index is 0.0716. The molecule has 7 nitrogen and oxygen atoms in total. The lowest BCUT2D eigenvalue weighted by atomic mass is 9.99. The van der Waals surface area contributed by atoms with Crippen LogP contribution in [0, 0.1) is 10.7 Å². The summed E-state index contributed by atoms with van der Waals surface area (Å²) < 4.78 is 14.8. The first-order valence-corrected chi connectivity index (χ1v) is 9.61. The van der Waals surface area contributed by atoms with E-state index in [1.54, 1.807) is 7.11 Å². The maximum absolute atomic E-state index is 12.1. The van der Waals surface area contributed by atoms with E-state index in [2.05, 4.69) is 4.90 Å². The van der Waals surface area contributed by atoms with E-state index in [4.69, 9.17) is 26.8 Å². The van der Waals surface area contributed by atoms with E-state index >= 15 is 0 Å². The van der Waals surface area contributed by atoms with Gasteiger partial charge in [0.05, 0.1) is 26.3 Å². The molecule has 0 aliphatic carbocycles. The number of likely N-dealkylation sites (tertiary alicyclic amines) is 1. The normalized spacial score (nSPS) is 17.7. The number of carbonyl (C=O) groups is 1. The van der Waals surface area contributed by atoms with E-state index < -0.39 is 0 Å². The van der Waals surface area contributed by atoms with Crippen LogP contribution < -0.4 is 4.74 Å². The molecular weight excluding hydrogens is 364 g/mol. The van der Waals surface area contributed by atoms with Crippen molar-refractivity contribution in [3.8, 4) is 17.1 Å². The number of methoxy groups -OCH3 is 1. The Morgan fingerprint density at radius 2 is 2.07 bits per heavy atom. The highest BCUT2D eigenvalue weighted by molar-refractivity contribution is 7.71. The second-order valence-electron chi connectivity index (χ2n) is 6.70. The van der Waals surface area contributed by atoms with Crippen LogP contribution in [-0.2, 0) is 23.2 Å². The zero-order chi connectivity index (χ0) is 19.4. The summed E-state index contributed by atoms with van der Waals surface area (Å²) in [5.74, 6) is 1.43. The summed E-state index contributed by atoms with van der Waals surface area (Å²) in [7, 11) is 3.57. The van der Waals surface area contributed by atoms with E-state index in [0.29, 0.717) is 24.6 Å². The minimum Gasteiger partial charge on any atom is -0.497 e. The number of hydrogen-bond donors (Lipinski definition) is 0. The van der Waals surface area contributed by atoms with Crippen molar-refractivity contribution in [3.63, 3.8) is 0 Å². The highest BCUT2D eigenvalue weighted by Gasteiger charge is 2.27. The Balaban J connectivity index is 1.75. The van der Waals surface area contributed by atoms with Gasteiger partial charge in [0, 0.05) is 19.2 Å². The van der Waals surface area contributed by atoms with Crippen molar-refractivity contribution in [2.45, 2.75) is 26.4 Å². The maximum atomic E-state index is 12.1. The summed E-state index contributed by atoms with van der Waals surface area (Å²) in [5.41, 5.74) is 0.978. The fourth-order valence-electron chi connectivity index (χ4n) is 3.40. The van der Waals surface area contributed by atoms with E-state index in [0.717, 1.165) is 36.5 Å². The number of aromatic nitrogens is 3. The van der Waals surface area contributed by atoms with Gasteiger partial charge in [-0.2, -0.15) is 5.10 Å². The lowest BCUT2D eigenvalue weighted by Crippen LogP contribution is -2.40. The molecule has 27 heavy (non-hydrogen) atoms. The minimum atomic E-state index is -0.106. The van der Waals surface area contributed by atoms with Crippen LogP contribution in [0.2, 0.25) is 0 Å². The van der Waals surface area contributed by atoms with Crippen LogP contribution in [0.4, 0.5) is 0 Å². The van der Waals surface area contributed by atoms with E-state index in [1.807, 2.05) is 47.5 Å². The molecule has 0 amide bonds. The molecule has 1 aromatic heterocycles. The molecule has 0 spiro atoms. The molecule has 0 N–H and O–H groups in total. The third-order valence-corrected chi connectivity index (χ3v) is 5.33. The molecule has 8 heteroatoms. The summed E-state index contributed by atoms with van der Waals surface area (Å²) >= 11 is 5.57. The smallest absolute Gasteiger partial charge is 0.310 e. The summed E-state index contributed by atoms with van der Waals surface area (Å²) in [4.78, 5) is 14.3. The number of carbonyl (C=O) groups excluding carboxylic acids is 1. The van der Waals surface area contributed by atoms with Gasteiger partial charge in [-0.15, -0.1) is 0 Å². The van der Waals surface area contributed by atoms with Crippen LogP contribution in [0.15, 0.2) is 24.3 Å². The van der Waals surface area contributed by atoms with E-state index in [9.17, 15) is 4.79 Å². The molecule has 1 aliphatic heterocycles. The van der Waals surface area contributed by atoms with Crippen LogP contribution in [-0.4, -0.2) is 52.0 Å². The predicted molar refractivity (Wildman–Crippen MR) is 105 cm³/mol. The number of piperidine rings is 1. The van der Waals surface area contributed by atoms with Crippen molar-refractivity contribution >= 4 is 18.2 Å². The molecule has 2 aromatic rings. The second-order valence-corrected chi connectivity index (χ2v) is 7.07. The molecule has 1 fully saturated rings. The highest BCUT2D eigenvalue weighted by atomic mass is 32.1. The fourth-order valence-corrected chi connectivity index (χ4v) is 3.58. The van der Waals surface area contributed by atoms with Gasteiger partial charge in [-0.3, -0.25) is 9.69 Å². The first kappa shape index (κ1) is 19.6. The molecule has 1 aromatic carbocycles. The standard InChI is InChI=1S/C19H26N4O3S/c1-4-26-18(24)15-6-5-11-22(12-15)13-23-19(27)21(2)17(20-23)14-7-9-16(25-3)10-8-14/h7-10,15H,4-6,11-13H2,1-3H3/t15-/m1/s1. The molecule has 0 bridgehead atoms. The Kier molecular flexibility index (Phi) is 6.28. The Bertz CT molecular complexity index is 844. The fraction of sp³-hybridized carbons (Fsp3) is 0.526. The van der Waals surface area contributed by atoms with Gasteiger partial charge in [0.2, 0.25) is 0 Å². The predicted octanol–water partition coefficient (Wildman–Crippen LogP) is 2.86. The Morgan fingerprint density at radius 1 is 1.33 bits per heavy atom. The summed E-state index contributed by atoms with van der Waals surface area (Å²) in [5, 5.41) is 4.71. The molecule has 0 unspecified atom stereocenters. The highest BCUT2D eigenvalue weighted by Crippen LogP contribution is 2.22. The molecule has 146 valence electrons. The molecule has 1 aliphatic rings. The van der Waals surface area contributed by atoms with Crippen molar-refractivity contribution in [2.24, 2.45) is 13.0 Å². The molecule has 0 saturated carbocycles. The summed E-state index contributed by atoms with van der Waals surface area (Å²) in [6, 6.07) is 7.76. The first-order valence-electron chi connectivity index (χ1n) is 9.20. The maximum Gasteiger partial charge on any atom is 0.310 e. The number of esters is 1. The quantitative estimate of drug-likeness (QED) is 0.558. The Morgan fingerprint density at radius 3 is 2.74 bits per heavy atom. The summed E-state index contributed by atoms with van der Waals surface area (Å²) in [6.45, 7) is 4.43. The molecule has 0 radical (unpaired) electrons. The van der Waals surface area contributed by atoms with Crippen LogP contribution in [0.25, 0.3) is 11.4 Å². The van der Waals surface area contributed by atoms with Crippen molar-refractivity contribution in [1.29, 1.82) is 0 Å². The number of benzene rings is 1. The van der Waals surface area contributed by atoms with Gasteiger partial charge >= 0.3 is 5.97 Å². The number of rotatable bonds is 6. The average Bonchev–Trinajstić information content (AvgIpc) is 2.97. The largest absolute Gasteiger partial charge is 0.497 e. The van der Waals surface area contributed by atoms with Crippen molar-refractivity contribution in [1.82, 2.24) is 19.2 Å². The van der Waals surface area contributed by atoms with Crippen LogP contribution in [0.1, 0.15) is 19.8 Å². The first-order chi connectivity index (χ1) is 13.0. The van der Waals surface area contributed by atoms with Gasteiger partial charge in [0.15, 0.2) is 10.6 Å². The van der Waals surface area contributed by atoms with Crippen molar-refractivity contribution < 1.29 is 14.3 Å². The second kappa shape index (κ2) is 8.67. The monoisotopic (exact) mass is 390 g/mol.